The number of benzene rings is 1. The largest absolute Gasteiger partial charge is 0.366 e. The smallest absolute Gasteiger partial charge is 0.182 e. The number of nitrogens with zero attached hydrogens (tertiary/aromatic N) is 1. The maximum absolute atomic E-state index is 13.7. The van der Waals surface area contributed by atoms with Crippen LogP contribution >= 0.6 is 0 Å². The Kier molecular flexibility index (Phi) is 3.52. The van der Waals surface area contributed by atoms with Gasteiger partial charge < -0.3 is 10.6 Å². The van der Waals surface area contributed by atoms with Crippen LogP contribution in [0.4, 0.5) is 18.9 Å². The fourth-order valence-electron chi connectivity index (χ4n) is 2.49. The lowest BCUT2D eigenvalue weighted by atomic mass is 9.87. The summed E-state index contributed by atoms with van der Waals surface area (Å²) >= 11 is 0. The van der Waals surface area contributed by atoms with Gasteiger partial charge in [0.2, 0.25) is 0 Å². The van der Waals surface area contributed by atoms with Crippen molar-refractivity contribution in [3.05, 3.63) is 29.6 Å². The average molecular weight is 258 g/mol. The highest BCUT2D eigenvalue weighted by molar-refractivity contribution is 5.50. The van der Waals surface area contributed by atoms with Crippen LogP contribution in [0.2, 0.25) is 0 Å². The van der Waals surface area contributed by atoms with E-state index < -0.39 is 17.5 Å². The number of piperidine rings is 1. The van der Waals surface area contributed by atoms with Crippen LogP contribution in [0.1, 0.15) is 20.3 Å². The lowest BCUT2D eigenvalue weighted by Gasteiger charge is -2.42. The number of hydrogen-bond acceptors (Lipinski definition) is 2. The molecule has 3 atom stereocenters. The minimum atomic E-state index is -1.15. The first-order valence-electron chi connectivity index (χ1n) is 6.08. The number of anilines is 1. The molecule has 100 valence electrons. The van der Waals surface area contributed by atoms with Crippen molar-refractivity contribution < 1.29 is 13.2 Å². The Morgan fingerprint density at radius 3 is 2.56 bits per heavy atom. The summed E-state index contributed by atoms with van der Waals surface area (Å²) in [4.78, 5) is 1.69. The molecule has 5 heteroatoms. The third-order valence-electron chi connectivity index (χ3n) is 3.91. The predicted octanol–water partition coefficient (Wildman–Crippen LogP) is 2.67. The van der Waals surface area contributed by atoms with E-state index in [0.717, 1.165) is 6.07 Å². The van der Waals surface area contributed by atoms with Gasteiger partial charge in [0.25, 0.3) is 0 Å². The molecule has 0 bridgehead atoms. The molecule has 0 saturated carbocycles. The molecule has 1 aliphatic rings. The van der Waals surface area contributed by atoms with Gasteiger partial charge >= 0.3 is 0 Å². The molecular formula is C13H17F3N2. The van der Waals surface area contributed by atoms with Crippen LogP contribution in [0.3, 0.4) is 0 Å². The van der Waals surface area contributed by atoms with Gasteiger partial charge in [0.15, 0.2) is 11.6 Å². The van der Waals surface area contributed by atoms with E-state index >= 15 is 0 Å². The van der Waals surface area contributed by atoms with E-state index in [1.807, 2.05) is 13.8 Å². The molecule has 2 rings (SSSR count). The van der Waals surface area contributed by atoms with Crippen LogP contribution in [0.15, 0.2) is 12.1 Å². The van der Waals surface area contributed by atoms with E-state index in [0.29, 0.717) is 19.0 Å². The normalized spacial score (nSPS) is 28.6. The van der Waals surface area contributed by atoms with Crippen LogP contribution in [0.25, 0.3) is 0 Å². The quantitative estimate of drug-likeness (QED) is 0.785. The summed E-state index contributed by atoms with van der Waals surface area (Å²) < 4.78 is 40.2. The summed E-state index contributed by atoms with van der Waals surface area (Å²) in [7, 11) is 0. The van der Waals surface area contributed by atoms with Gasteiger partial charge in [-0.25, -0.2) is 13.2 Å². The van der Waals surface area contributed by atoms with Gasteiger partial charge in [-0.3, -0.25) is 0 Å². The van der Waals surface area contributed by atoms with Crippen molar-refractivity contribution in [2.75, 3.05) is 11.4 Å². The zero-order chi connectivity index (χ0) is 13.4. The number of halogens is 3. The van der Waals surface area contributed by atoms with E-state index in [9.17, 15) is 13.2 Å². The minimum absolute atomic E-state index is 0.0150. The molecule has 0 radical (unpaired) electrons. The minimum Gasteiger partial charge on any atom is -0.366 e. The molecular weight excluding hydrogens is 241 g/mol. The molecule has 0 aromatic heterocycles. The van der Waals surface area contributed by atoms with Crippen molar-refractivity contribution in [2.24, 2.45) is 11.7 Å². The molecule has 1 fully saturated rings. The maximum atomic E-state index is 13.7. The summed E-state index contributed by atoms with van der Waals surface area (Å²) in [5, 5.41) is 0. The van der Waals surface area contributed by atoms with Crippen molar-refractivity contribution in [3.8, 4) is 0 Å². The number of hydrogen-bond donors (Lipinski definition) is 1. The number of nitrogens with two attached hydrogens (primary N) is 1. The van der Waals surface area contributed by atoms with Crippen molar-refractivity contribution in [1.82, 2.24) is 0 Å². The third kappa shape index (κ3) is 2.19. The van der Waals surface area contributed by atoms with Gasteiger partial charge in [-0.15, -0.1) is 0 Å². The number of rotatable bonds is 1. The van der Waals surface area contributed by atoms with Gasteiger partial charge in [0.05, 0.1) is 5.69 Å². The average Bonchev–Trinajstić information content (AvgIpc) is 2.31. The molecule has 3 unspecified atom stereocenters. The van der Waals surface area contributed by atoms with Crippen LogP contribution in [0, 0.1) is 23.4 Å². The Hall–Kier alpha value is -1.23. The Morgan fingerprint density at radius 1 is 1.22 bits per heavy atom. The lowest BCUT2D eigenvalue weighted by Crippen LogP contribution is -2.52. The molecule has 0 aliphatic carbocycles. The zero-order valence-corrected chi connectivity index (χ0v) is 10.5. The summed E-state index contributed by atoms with van der Waals surface area (Å²) in [5.41, 5.74) is 5.92. The van der Waals surface area contributed by atoms with Crippen molar-refractivity contribution in [2.45, 2.75) is 32.4 Å². The van der Waals surface area contributed by atoms with Crippen LogP contribution < -0.4 is 10.6 Å². The van der Waals surface area contributed by atoms with Crippen LogP contribution in [-0.4, -0.2) is 18.6 Å². The lowest BCUT2D eigenvalue weighted by molar-refractivity contribution is 0.312. The van der Waals surface area contributed by atoms with E-state index in [1.54, 1.807) is 4.90 Å². The molecule has 1 heterocycles. The molecule has 2 N–H and O–H groups in total. The Bertz CT molecular complexity index is 450. The highest BCUT2D eigenvalue weighted by atomic mass is 19.2. The monoisotopic (exact) mass is 258 g/mol. The Morgan fingerprint density at radius 2 is 1.89 bits per heavy atom. The second kappa shape index (κ2) is 4.80. The highest BCUT2D eigenvalue weighted by Gasteiger charge is 2.32. The summed E-state index contributed by atoms with van der Waals surface area (Å²) in [6.45, 7) is 4.37. The summed E-state index contributed by atoms with van der Waals surface area (Å²) in [6.07, 6.45) is 0.684. The zero-order valence-electron chi connectivity index (χ0n) is 10.5. The van der Waals surface area contributed by atoms with Crippen LogP contribution in [0.5, 0.6) is 0 Å². The first-order valence-corrected chi connectivity index (χ1v) is 6.08. The Labute approximate surface area is 105 Å². The molecule has 0 spiro atoms. The van der Waals surface area contributed by atoms with Crippen molar-refractivity contribution in [3.63, 3.8) is 0 Å². The molecule has 1 aromatic carbocycles. The Balaban J connectivity index is 2.37. The van der Waals surface area contributed by atoms with E-state index in [4.69, 9.17) is 5.73 Å². The van der Waals surface area contributed by atoms with Gasteiger partial charge in [0.1, 0.15) is 5.82 Å². The molecule has 18 heavy (non-hydrogen) atoms. The predicted molar refractivity (Wildman–Crippen MR) is 64.9 cm³/mol. The first-order chi connectivity index (χ1) is 8.41. The van der Waals surface area contributed by atoms with E-state index in [1.165, 1.54) is 0 Å². The summed E-state index contributed by atoms with van der Waals surface area (Å²) in [5.74, 6) is -2.77. The first kappa shape index (κ1) is 13.2. The second-order valence-corrected chi connectivity index (χ2v) is 4.97. The molecule has 0 amide bonds. The molecule has 2 nitrogen and oxygen atoms in total. The SMILES string of the molecule is CC1C(N)CCN(c2cc(F)cc(F)c2F)C1C. The van der Waals surface area contributed by atoms with Gasteiger partial charge in [-0.2, -0.15) is 0 Å². The molecule has 1 aliphatic heterocycles. The standard InChI is InChI=1S/C13H17F3N2/c1-7-8(2)18(4-3-11(7)17)12-6-9(14)5-10(15)13(12)16/h5-8,11H,3-4,17H2,1-2H3. The van der Waals surface area contributed by atoms with Gasteiger partial charge in [-0.1, -0.05) is 6.92 Å². The maximum Gasteiger partial charge on any atom is 0.182 e. The van der Waals surface area contributed by atoms with E-state index in [2.05, 4.69) is 0 Å². The fourth-order valence-corrected chi connectivity index (χ4v) is 2.49. The van der Waals surface area contributed by atoms with Crippen LogP contribution in [-0.2, 0) is 0 Å². The van der Waals surface area contributed by atoms with Gasteiger partial charge in [-0.05, 0) is 19.3 Å². The fraction of sp³-hybridized carbons (Fsp3) is 0.538. The topological polar surface area (TPSA) is 29.3 Å². The van der Waals surface area contributed by atoms with Crippen molar-refractivity contribution in [1.29, 1.82) is 0 Å². The third-order valence-corrected chi connectivity index (χ3v) is 3.91. The molecule has 1 aromatic rings. The van der Waals surface area contributed by atoms with E-state index in [-0.39, 0.29) is 23.7 Å². The van der Waals surface area contributed by atoms with Crippen molar-refractivity contribution >= 4 is 5.69 Å². The summed E-state index contributed by atoms with van der Waals surface area (Å²) in [6, 6.07) is 1.59. The second-order valence-electron chi connectivity index (χ2n) is 4.97. The van der Waals surface area contributed by atoms with Gasteiger partial charge in [0, 0.05) is 30.8 Å². The highest BCUT2D eigenvalue weighted by Crippen LogP contribution is 2.31. The molecule has 1 saturated heterocycles.